The molecule has 62 valence electrons. The first-order valence-corrected chi connectivity index (χ1v) is 3.94. The molecular weight excluding hydrogens is 150 g/mol. The van der Waals surface area contributed by atoms with Gasteiger partial charge in [0.25, 0.3) is 0 Å². The Balaban J connectivity index is 1.91. The second-order valence-corrected chi connectivity index (χ2v) is 2.64. The molecule has 0 aliphatic rings. The predicted molar refractivity (Wildman–Crippen MR) is 48.3 cm³/mol. The van der Waals surface area contributed by atoms with E-state index in [0.29, 0.717) is 0 Å². The van der Waals surface area contributed by atoms with E-state index in [1.54, 1.807) is 0 Å². The molecule has 2 aromatic rings. The Morgan fingerprint density at radius 3 is 2.83 bits per heavy atom. The molecule has 12 heavy (non-hydrogen) atoms. The molecule has 2 N–H and O–H groups in total. The monoisotopic (exact) mass is 161 g/mol. The van der Waals surface area contributed by atoms with Gasteiger partial charge in [-0.1, -0.05) is 0 Å². The maximum atomic E-state index is 3.22. The van der Waals surface area contributed by atoms with Crippen LogP contribution >= 0.6 is 0 Å². The molecule has 0 aromatic carbocycles. The van der Waals surface area contributed by atoms with Crippen LogP contribution in [0, 0.1) is 0 Å². The average Bonchev–Trinajstić information content (AvgIpc) is 2.74. The van der Waals surface area contributed by atoms with Crippen LogP contribution in [-0.2, 0) is 6.54 Å². The zero-order valence-corrected chi connectivity index (χ0v) is 6.70. The van der Waals surface area contributed by atoms with Crippen molar-refractivity contribution >= 4 is 0 Å². The molecule has 0 amide bonds. The largest absolute Gasteiger partial charge is 0.367 e. The highest BCUT2D eigenvalue weighted by Crippen LogP contribution is 1.96. The van der Waals surface area contributed by atoms with Gasteiger partial charge in [-0.15, -0.1) is 0 Å². The summed E-state index contributed by atoms with van der Waals surface area (Å²) in [7, 11) is 0. The van der Waals surface area contributed by atoms with Crippen molar-refractivity contribution in [3.63, 3.8) is 0 Å². The smallest absolute Gasteiger partial charge is 0.0578 e. The van der Waals surface area contributed by atoms with Gasteiger partial charge in [-0.2, -0.15) is 0 Å². The van der Waals surface area contributed by atoms with Gasteiger partial charge in [0, 0.05) is 24.8 Å². The molecular formula is C9H11N3. The van der Waals surface area contributed by atoms with E-state index < -0.39 is 0 Å². The van der Waals surface area contributed by atoms with E-state index in [2.05, 4.69) is 16.5 Å². The summed E-state index contributed by atoms with van der Waals surface area (Å²) >= 11 is 0. The Morgan fingerprint density at radius 1 is 1.33 bits per heavy atom. The first kappa shape index (κ1) is 7.03. The van der Waals surface area contributed by atoms with Crippen LogP contribution < -0.4 is 5.43 Å². The zero-order valence-electron chi connectivity index (χ0n) is 6.70. The van der Waals surface area contributed by atoms with E-state index >= 15 is 0 Å². The van der Waals surface area contributed by atoms with Gasteiger partial charge in [0.15, 0.2) is 0 Å². The summed E-state index contributed by atoms with van der Waals surface area (Å²) in [5, 5.41) is 0. The molecule has 3 heteroatoms. The topological polar surface area (TPSA) is 32.8 Å². The second-order valence-electron chi connectivity index (χ2n) is 2.64. The third-order valence-corrected chi connectivity index (χ3v) is 1.73. The minimum Gasteiger partial charge on any atom is -0.367 e. The number of aromatic amines is 1. The van der Waals surface area contributed by atoms with Crippen molar-refractivity contribution in [1.82, 2.24) is 9.66 Å². The van der Waals surface area contributed by atoms with Crippen LogP contribution in [0.4, 0.5) is 0 Å². The van der Waals surface area contributed by atoms with Gasteiger partial charge in [-0.3, -0.25) is 4.68 Å². The SMILES string of the molecule is c1ccn(NCc2cc[nH]c2)c1. The Hall–Kier alpha value is -1.64. The predicted octanol–water partition coefficient (Wildman–Crippen LogP) is 1.56. The van der Waals surface area contributed by atoms with Gasteiger partial charge >= 0.3 is 0 Å². The van der Waals surface area contributed by atoms with Crippen LogP contribution in [-0.4, -0.2) is 9.66 Å². The first-order valence-electron chi connectivity index (χ1n) is 3.94. The minimum absolute atomic E-state index is 0.845. The third kappa shape index (κ3) is 1.50. The van der Waals surface area contributed by atoms with E-state index in [4.69, 9.17) is 0 Å². The fourth-order valence-corrected chi connectivity index (χ4v) is 1.09. The van der Waals surface area contributed by atoms with Crippen LogP contribution in [0.5, 0.6) is 0 Å². The number of rotatable bonds is 3. The summed E-state index contributed by atoms with van der Waals surface area (Å²) in [6, 6.07) is 6.03. The van der Waals surface area contributed by atoms with Crippen molar-refractivity contribution in [3.05, 3.63) is 48.5 Å². The lowest BCUT2D eigenvalue weighted by Crippen LogP contribution is -2.10. The van der Waals surface area contributed by atoms with Crippen molar-refractivity contribution < 1.29 is 0 Å². The number of nitrogens with zero attached hydrogens (tertiary/aromatic N) is 1. The normalized spacial score (nSPS) is 10.0. The maximum absolute atomic E-state index is 3.22. The zero-order chi connectivity index (χ0) is 8.23. The molecule has 0 bridgehead atoms. The Morgan fingerprint density at radius 2 is 2.17 bits per heavy atom. The molecule has 0 aliphatic carbocycles. The van der Waals surface area contributed by atoms with Crippen LogP contribution in [0.1, 0.15) is 5.56 Å². The fourth-order valence-electron chi connectivity index (χ4n) is 1.09. The minimum atomic E-state index is 0.845. The summed E-state index contributed by atoms with van der Waals surface area (Å²) in [4.78, 5) is 3.01. The second kappa shape index (κ2) is 3.17. The van der Waals surface area contributed by atoms with Gasteiger partial charge in [0.2, 0.25) is 0 Å². The fraction of sp³-hybridized carbons (Fsp3) is 0.111. The van der Waals surface area contributed by atoms with Gasteiger partial charge in [-0.25, -0.2) is 0 Å². The summed E-state index contributed by atoms with van der Waals surface area (Å²) in [5.74, 6) is 0. The van der Waals surface area contributed by atoms with Crippen LogP contribution in [0.25, 0.3) is 0 Å². The van der Waals surface area contributed by atoms with E-state index in [-0.39, 0.29) is 0 Å². The molecule has 2 rings (SSSR count). The van der Waals surface area contributed by atoms with E-state index in [0.717, 1.165) is 6.54 Å². The van der Waals surface area contributed by atoms with E-state index in [1.807, 2.05) is 41.6 Å². The molecule has 0 atom stereocenters. The highest BCUT2D eigenvalue weighted by molar-refractivity contribution is 5.10. The standard InChI is InChI=1S/C9H11N3/c1-2-6-12(5-1)11-8-9-3-4-10-7-9/h1-7,10-11H,8H2. The molecule has 0 fully saturated rings. The number of hydrogen-bond donors (Lipinski definition) is 2. The van der Waals surface area contributed by atoms with Crippen molar-refractivity contribution in [3.8, 4) is 0 Å². The Bertz CT molecular complexity index is 273. The molecule has 0 unspecified atom stereocenters. The highest BCUT2D eigenvalue weighted by Gasteiger charge is 1.90. The first-order chi connectivity index (χ1) is 5.95. The molecule has 3 nitrogen and oxygen atoms in total. The third-order valence-electron chi connectivity index (χ3n) is 1.73. The van der Waals surface area contributed by atoms with Crippen LogP contribution in [0.3, 0.4) is 0 Å². The average molecular weight is 161 g/mol. The summed E-state index contributed by atoms with van der Waals surface area (Å²) < 4.78 is 1.94. The van der Waals surface area contributed by atoms with Crippen molar-refractivity contribution in [2.45, 2.75) is 6.54 Å². The lowest BCUT2D eigenvalue weighted by atomic mass is 10.3. The molecule has 2 aromatic heterocycles. The van der Waals surface area contributed by atoms with Crippen molar-refractivity contribution in [2.24, 2.45) is 0 Å². The number of hydrogen-bond acceptors (Lipinski definition) is 1. The molecule has 0 saturated heterocycles. The summed E-state index contributed by atoms with van der Waals surface area (Å²) in [6.45, 7) is 0.845. The summed E-state index contributed by atoms with van der Waals surface area (Å²) in [5.41, 5.74) is 4.48. The highest BCUT2D eigenvalue weighted by atomic mass is 15.4. The molecule has 0 spiro atoms. The lowest BCUT2D eigenvalue weighted by molar-refractivity contribution is 0.848. The van der Waals surface area contributed by atoms with E-state index in [1.165, 1.54) is 5.56 Å². The quantitative estimate of drug-likeness (QED) is 0.703. The Kier molecular flexibility index (Phi) is 1.86. The van der Waals surface area contributed by atoms with Gasteiger partial charge in [0.05, 0.1) is 6.54 Å². The van der Waals surface area contributed by atoms with Gasteiger partial charge in [-0.05, 0) is 23.8 Å². The van der Waals surface area contributed by atoms with E-state index in [9.17, 15) is 0 Å². The Labute approximate surface area is 71.0 Å². The molecule has 2 heterocycles. The molecule has 0 aliphatic heterocycles. The number of aromatic nitrogens is 2. The maximum Gasteiger partial charge on any atom is 0.0578 e. The molecule has 0 radical (unpaired) electrons. The van der Waals surface area contributed by atoms with Crippen molar-refractivity contribution in [1.29, 1.82) is 0 Å². The van der Waals surface area contributed by atoms with Gasteiger partial charge in [0.1, 0.15) is 0 Å². The van der Waals surface area contributed by atoms with Crippen LogP contribution in [0.2, 0.25) is 0 Å². The lowest BCUT2D eigenvalue weighted by Gasteiger charge is -2.04. The summed E-state index contributed by atoms with van der Waals surface area (Å²) in [6.07, 6.45) is 7.86. The number of H-pyrrole nitrogens is 1. The van der Waals surface area contributed by atoms with Crippen LogP contribution in [0.15, 0.2) is 43.0 Å². The van der Waals surface area contributed by atoms with Crippen molar-refractivity contribution in [2.75, 3.05) is 5.43 Å². The number of nitrogens with one attached hydrogen (secondary N) is 2. The van der Waals surface area contributed by atoms with Gasteiger partial charge < -0.3 is 10.4 Å². The molecule has 0 saturated carbocycles.